The van der Waals surface area contributed by atoms with Crippen LogP contribution in [0.5, 0.6) is 0 Å². The maximum absolute atomic E-state index is 10.5. The molecule has 0 radical (unpaired) electrons. The second kappa shape index (κ2) is 11.6. The summed E-state index contributed by atoms with van der Waals surface area (Å²) in [6.07, 6.45) is -13.1. The quantitative estimate of drug-likeness (QED) is 0.512. The van der Waals surface area contributed by atoms with Crippen molar-refractivity contribution in [2.75, 3.05) is 20.0 Å². The van der Waals surface area contributed by atoms with Gasteiger partial charge in [-0.15, -0.1) is 0 Å². The minimum Gasteiger partial charge on any atom is -0.796 e. The average molecular weight is 324 g/mol. The molecule has 13 heteroatoms. The van der Waals surface area contributed by atoms with E-state index < -0.39 is 38.3 Å². The third-order valence-electron chi connectivity index (χ3n) is 0.467. The van der Waals surface area contributed by atoms with Crippen LogP contribution in [0.4, 0.5) is 39.5 Å². The van der Waals surface area contributed by atoms with E-state index in [-0.39, 0.29) is 17.4 Å². The van der Waals surface area contributed by atoms with E-state index in [0.29, 0.717) is 0 Å². The Hall–Kier alpha value is -0.218. The summed E-state index contributed by atoms with van der Waals surface area (Å²) >= 11 is 0. The molecule has 0 aromatic carbocycles. The first-order valence-corrected chi connectivity index (χ1v) is 3.61. The largest absolute Gasteiger partial charge is 3.00 e. The molecule has 0 heterocycles. The van der Waals surface area contributed by atoms with Crippen molar-refractivity contribution in [2.45, 2.75) is 18.3 Å². The summed E-state index contributed by atoms with van der Waals surface area (Å²) in [5.41, 5.74) is 0. The Morgan fingerprint density at radius 2 is 0.579 bits per heavy atom. The molecule has 0 unspecified atom stereocenters. The predicted molar refractivity (Wildman–Crippen MR) is 38.5 cm³/mol. The smallest absolute Gasteiger partial charge is 0.796 e. The van der Waals surface area contributed by atoms with Gasteiger partial charge in [0.25, 0.3) is 0 Å². The van der Waals surface area contributed by atoms with Gasteiger partial charge in [-0.3, -0.25) is 0 Å². The fourth-order valence-corrected chi connectivity index (χ4v) is 0. The van der Waals surface area contributed by atoms with Crippen molar-refractivity contribution in [3.05, 3.63) is 0 Å². The van der Waals surface area contributed by atoms with Crippen LogP contribution in [0, 0.1) is 0 Å². The summed E-state index contributed by atoms with van der Waals surface area (Å²) in [6.45, 7) is -6.35. The Kier molecular flexibility index (Phi) is 16.6. The van der Waals surface area contributed by atoms with E-state index in [1.54, 1.807) is 0 Å². The third-order valence-corrected chi connectivity index (χ3v) is 0.467. The van der Waals surface area contributed by atoms with Gasteiger partial charge in [-0.2, -0.15) is 0 Å². The van der Waals surface area contributed by atoms with Crippen molar-refractivity contribution in [3.63, 3.8) is 0 Å². The minimum atomic E-state index is -4.38. The molecule has 0 saturated heterocycles. The van der Waals surface area contributed by atoms with Crippen molar-refractivity contribution in [2.24, 2.45) is 0 Å². The molecule has 19 heavy (non-hydrogen) atoms. The first-order valence-electron chi connectivity index (χ1n) is 3.61. The summed E-state index contributed by atoms with van der Waals surface area (Å²) in [7, 11) is 0. The van der Waals surface area contributed by atoms with Gasteiger partial charge in [-0.05, 0) is 0 Å². The molecule has 3 nitrogen and oxygen atoms in total. The Bertz CT molecular complexity index is 155. The van der Waals surface area contributed by atoms with E-state index in [1.165, 1.54) is 0 Å². The Balaban J connectivity index is -0.0000000865. The zero-order chi connectivity index (χ0) is 15.6. The summed E-state index contributed by atoms with van der Waals surface area (Å²) in [5, 5.41) is 26.3. The zero-order valence-electron chi connectivity index (χ0n) is 8.83. The first kappa shape index (κ1) is 27.2. The van der Waals surface area contributed by atoms with Crippen molar-refractivity contribution in [1.82, 2.24) is 0 Å². The molecular formula is C6H6AlF9O3. The standard InChI is InChI=1S/3C2H2F3O.Al/c3*3-1-2(4,5)6;/h3*1H2;/q3*-1;+3. The molecule has 0 aromatic rings. The maximum Gasteiger partial charge on any atom is 3.00 e. The predicted octanol–water partition coefficient (Wildman–Crippen LogP) is -0.654. The second-order valence-corrected chi connectivity index (χ2v) is 2.31. The van der Waals surface area contributed by atoms with Crippen LogP contribution in [0.3, 0.4) is 0 Å². The van der Waals surface area contributed by atoms with Crippen LogP contribution in [-0.2, 0) is 0 Å². The molecule has 0 saturated carbocycles. The van der Waals surface area contributed by atoms with Crippen molar-refractivity contribution in [1.29, 1.82) is 0 Å². The van der Waals surface area contributed by atoms with Gasteiger partial charge in [0, 0.05) is 0 Å². The summed E-state index contributed by atoms with van der Waals surface area (Å²) in [5.74, 6) is 0. The summed E-state index contributed by atoms with van der Waals surface area (Å²) in [4.78, 5) is 0. The molecule has 0 aliphatic carbocycles. The molecule has 0 N–H and O–H groups in total. The van der Waals surface area contributed by atoms with Crippen molar-refractivity contribution < 1.29 is 54.8 Å². The molecular weight excluding hydrogens is 318 g/mol. The zero-order valence-corrected chi connectivity index (χ0v) is 9.98. The average Bonchev–Trinajstić information content (AvgIpc) is 2.16. The first-order chi connectivity index (χ1) is 7.68. The molecule has 0 rings (SSSR count). The van der Waals surface area contributed by atoms with Gasteiger partial charge in [-0.1, -0.05) is 0 Å². The van der Waals surface area contributed by atoms with Gasteiger partial charge in [0.05, 0.1) is 0 Å². The molecule has 0 fully saturated rings. The van der Waals surface area contributed by atoms with Crippen molar-refractivity contribution >= 4 is 17.4 Å². The SMILES string of the molecule is [Al+3].[O-]C(F)(F)CF.[O-]C(F)(F)CF.[O-]C(F)(F)CF. The molecule has 0 atom stereocenters. The Labute approximate surface area is 111 Å². The molecule has 0 aliphatic rings. The maximum atomic E-state index is 10.5. The van der Waals surface area contributed by atoms with Crippen LogP contribution in [0.15, 0.2) is 0 Å². The van der Waals surface area contributed by atoms with E-state index in [2.05, 4.69) is 0 Å². The summed E-state index contributed by atoms with van der Waals surface area (Å²) in [6, 6.07) is 0. The topological polar surface area (TPSA) is 69.2 Å². The van der Waals surface area contributed by atoms with E-state index in [1.807, 2.05) is 0 Å². The fraction of sp³-hybridized carbons (Fsp3) is 1.00. The number of alkyl halides is 9. The van der Waals surface area contributed by atoms with Crippen molar-refractivity contribution in [3.8, 4) is 0 Å². The van der Waals surface area contributed by atoms with E-state index in [4.69, 9.17) is 15.3 Å². The van der Waals surface area contributed by atoms with Crippen LogP contribution in [-0.4, -0.2) is 55.7 Å². The van der Waals surface area contributed by atoms with Gasteiger partial charge in [0.2, 0.25) is 18.3 Å². The minimum absolute atomic E-state index is 0. The number of rotatable bonds is 3. The molecule has 0 aliphatic heterocycles. The molecule has 0 amide bonds. The summed E-state index contributed by atoms with van der Waals surface area (Å²) < 4.78 is 94.4. The molecule has 0 spiro atoms. The molecule has 114 valence electrons. The number of hydrogen-bond donors (Lipinski definition) is 0. The van der Waals surface area contributed by atoms with E-state index >= 15 is 0 Å². The van der Waals surface area contributed by atoms with Gasteiger partial charge in [-0.25, -0.2) is 39.5 Å². The number of halogens is 9. The Morgan fingerprint density at radius 3 is 0.579 bits per heavy atom. The van der Waals surface area contributed by atoms with E-state index in [9.17, 15) is 39.5 Å². The molecule has 0 bridgehead atoms. The molecule has 0 aromatic heterocycles. The van der Waals surface area contributed by atoms with Gasteiger partial charge < -0.3 is 15.3 Å². The Morgan fingerprint density at radius 1 is 0.526 bits per heavy atom. The second-order valence-electron chi connectivity index (χ2n) is 2.31. The monoisotopic (exact) mass is 324 g/mol. The normalized spacial score (nSPS) is 11.4. The van der Waals surface area contributed by atoms with Crippen LogP contribution in [0.25, 0.3) is 0 Å². The van der Waals surface area contributed by atoms with Crippen LogP contribution >= 0.6 is 0 Å². The van der Waals surface area contributed by atoms with E-state index in [0.717, 1.165) is 0 Å². The van der Waals surface area contributed by atoms with Crippen LogP contribution in [0.1, 0.15) is 0 Å². The number of hydrogen-bond acceptors (Lipinski definition) is 3. The van der Waals surface area contributed by atoms with Gasteiger partial charge in [0.1, 0.15) is 20.0 Å². The third kappa shape index (κ3) is 57.4. The van der Waals surface area contributed by atoms with Crippen LogP contribution < -0.4 is 15.3 Å². The van der Waals surface area contributed by atoms with Gasteiger partial charge >= 0.3 is 17.4 Å². The van der Waals surface area contributed by atoms with Gasteiger partial charge in [0.15, 0.2) is 0 Å². The van der Waals surface area contributed by atoms with Crippen LogP contribution in [0.2, 0.25) is 0 Å². The fourth-order valence-electron chi connectivity index (χ4n) is 0.